The lowest BCUT2D eigenvalue weighted by atomic mass is 10.0. The van der Waals surface area contributed by atoms with Gasteiger partial charge in [-0.15, -0.1) is 11.3 Å². The van der Waals surface area contributed by atoms with Crippen LogP contribution in [0.15, 0.2) is 60.4 Å². The second kappa shape index (κ2) is 10.3. The van der Waals surface area contributed by atoms with E-state index in [9.17, 15) is 9.59 Å². The minimum Gasteiger partial charge on any atom is -0.382 e. The predicted molar refractivity (Wildman–Crippen MR) is 140 cm³/mol. The lowest BCUT2D eigenvalue weighted by Crippen LogP contribution is -2.48. The van der Waals surface area contributed by atoms with Crippen molar-refractivity contribution < 1.29 is 19.1 Å². The molecule has 5 rings (SSSR count). The normalized spacial score (nSPS) is 15.1. The maximum Gasteiger partial charge on any atom is 0.253 e. The summed E-state index contributed by atoms with van der Waals surface area (Å²) in [6.45, 7) is 3.28. The van der Waals surface area contributed by atoms with E-state index in [1.54, 1.807) is 16.9 Å². The van der Waals surface area contributed by atoms with Crippen molar-refractivity contribution in [1.82, 2.24) is 24.6 Å². The fourth-order valence-corrected chi connectivity index (χ4v) is 4.79. The van der Waals surface area contributed by atoms with Crippen LogP contribution in [0.1, 0.15) is 17.3 Å². The van der Waals surface area contributed by atoms with Gasteiger partial charge in [0.2, 0.25) is 0 Å². The quantitative estimate of drug-likeness (QED) is 0.351. The van der Waals surface area contributed by atoms with Gasteiger partial charge in [0.25, 0.3) is 11.8 Å². The minimum atomic E-state index is -0.886. The Balaban J connectivity index is 1.25. The Hall–Kier alpha value is -3.80. The summed E-state index contributed by atoms with van der Waals surface area (Å²) in [7, 11) is 3.36. The summed E-state index contributed by atoms with van der Waals surface area (Å²) >= 11 is 1.31. The van der Waals surface area contributed by atoms with Crippen LogP contribution < -0.4 is 10.6 Å². The lowest BCUT2D eigenvalue weighted by Gasteiger charge is -2.39. The van der Waals surface area contributed by atoms with Gasteiger partial charge in [-0.1, -0.05) is 18.2 Å². The van der Waals surface area contributed by atoms with Gasteiger partial charge in [-0.2, -0.15) is 5.10 Å². The number of nitrogens with one attached hydrogen (secondary N) is 2. The smallest absolute Gasteiger partial charge is 0.253 e. The minimum absolute atomic E-state index is 0.0220. The number of methoxy groups -OCH3 is 1. The van der Waals surface area contributed by atoms with Crippen molar-refractivity contribution in [1.29, 1.82) is 0 Å². The highest BCUT2D eigenvalue weighted by Gasteiger charge is 2.35. The number of nitrogens with zero attached hydrogens (tertiary/aromatic N) is 4. The molecule has 2 amide bonds. The Morgan fingerprint density at radius 3 is 2.65 bits per heavy atom. The zero-order valence-electron chi connectivity index (χ0n) is 20.8. The van der Waals surface area contributed by atoms with Gasteiger partial charge in [-0.25, -0.2) is 4.98 Å². The number of benzene rings is 1. The summed E-state index contributed by atoms with van der Waals surface area (Å²) in [6, 6.07) is 10.7. The number of aryl methyl sites for hydroxylation is 1. The van der Waals surface area contributed by atoms with Gasteiger partial charge in [-0.05, 0) is 25.1 Å². The van der Waals surface area contributed by atoms with Crippen molar-refractivity contribution in [2.24, 2.45) is 7.05 Å². The monoisotopic (exact) mass is 520 g/mol. The first-order valence-corrected chi connectivity index (χ1v) is 12.7. The third-order valence-electron chi connectivity index (χ3n) is 6.26. The standard InChI is InChI=1S/C26H28N6O4S/c1-26(15-36-16-26)32-10-7-19(12-32)23(33)27-21(13-35-3)24(34)29-25-28-22(14-37-25)18-6-4-5-17(11-18)20-8-9-31(2)30-20/h4-12,14,21H,13,15-16H2,1-3H3,(H,27,33)(H,28,29,34)/t21-/m0/s1. The third kappa shape index (κ3) is 5.33. The van der Waals surface area contributed by atoms with E-state index in [0.717, 1.165) is 22.5 Å². The first-order chi connectivity index (χ1) is 17.8. The Morgan fingerprint density at radius 2 is 1.97 bits per heavy atom. The second-order valence-corrected chi connectivity index (χ2v) is 10.1. The molecule has 0 aliphatic carbocycles. The Morgan fingerprint density at radius 1 is 1.19 bits per heavy atom. The van der Waals surface area contributed by atoms with Crippen LogP contribution in [0.25, 0.3) is 22.5 Å². The maximum absolute atomic E-state index is 13.0. The van der Waals surface area contributed by atoms with Crippen molar-refractivity contribution >= 4 is 28.3 Å². The fourth-order valence-electron chi connectivity index (χ4n) is 4.07. The maximum atomic E-state index is 13.0. The summed E-state index contributed by atoms with van der Waals surface area (Å²) in [5, 5.41) is 12.3. The van der Waals surface area contributed by atoms with Crippen molar-refractivity contribution in [3.63, 3.8) is 0 Å². The number of carbonyl (C=O) groups is 2. The molecule has 0 bridgehead atoms. The van der Waals surface area contributed by atoms with Crippen LogP contribution in [-0.2, 0) is 26.9 Å². The summed E-state index contributed by atoms with van der Waals surface area (Å²) in [5.41, 5.74) is 3.81. The topological polar surface area (TPSA) is 112 Å². The summed E-state index contributed by atoms with van der Waals surface area (Å²) in [4.78, 5) is 30.4. The van der Waals surface area contributed by atoms with Crippen LogP contribution in [-0.4, -0.2) is 64.1 Å². The van der Waals surface area contributed by atoms with E-state index in [1.807, 2.05) is 59.7 Å². The molecule has 1 fully saturated rings. The first kappa shape index (κ1) is 24.9. The van der Waals surface area contributed by atoms with E-state index < -0.39 is 11.9 Å². The molecular weight excluding hydrogens is 492 g/mol. The third-order valence-corrected chi connectivity index (χ3v) is 7.02. The van der Waals surface area contributed by atoms with E-state index in [4.69, 9.17) is 9.47 Å². The van der Waals surface area contributed by atoms with E-state index in [1.165, 1.54) is 18.4 Å². The van der Waals surface area contributed by atoms with Crippen LogP contribution in [0.2, 0.25) is 0 Å². The fraction of sp³-hybridized carbons (Fsp3) is 0.308. The average Bonchev–Trinajstić information content (AvgIpc) is 3.63. The number of thiazole rings is 1. The van der Waals surface area contributed by atoms with E-state index in [-0.39, 0.29) is 18.1 Å². The number of anilines is 1. The molecular formula is C26H28N6O4S. The molecule has 0 spiro atoms. The molecule has 192 valence electrons. The van der Waals surface area contributed by atoms with Crippen LogP contribution >= 0.6 is 11.3 Å². The molecule has 1 aliphatic heterocycles. The van der Waals surface area contributed by atoms with Crippen LogP contribution in [0.3, 0.4) is 0 Å². The van der Waals surface area contributed by atoms with E-state index >= 15 is 0 Å². The summed E-state index contributed by atoms with van der Waals surface area (Å²) in [5.74, 6) is -0.761. The highest BCUT2D eigenvalue weighted by molar-refractivity contribution is 7.14. The first-order valence-electron chi connectivity index (χ1n) is 11.8. The van der Waals surface area contributed by atoms with Crippen LogP contribution in [0.5, 0.6) is 0 Å². The molecule has 3 aromatic heterocycles. The molecule has 11 heteroatoms. The van der Waals surface area contributed by atoms with Crippen molar-refractivity contribution in [3.8, 4) is 22.5 Å². The molecule has 4 aromatic rings. The highest BCUT2D eigenvalue weighted by atomic mass is 32.1. The van der Waals surface area contributed by atoms with Crippen LogP contribution in [0, 0.1) is 0 Å². The van der Waals surface area contributed by atoms with Gasteiger partial charge in [0.1, 0.15) is 6.04 Å². The molecule has 1 saturated heterocycles. The summed E-state index contributed by atoms with van der Waals surface area (Å²) in [6.07, 6.45) is 5.52. The number of ether oxygens (including phenoxy) is 2. The van der Waals surface area contributed by atoms with Gasteiger partial charge < -0.3 is 24.7 Å². The number of hydrogen-bond donors (Lipinski definition) is 2. The number of rotatable bonds is 9. The van der Waals surface area contributed by atoms with E-state index in [2.05, 4.69) is 27.6 Å². The SMILES string of the molecule is COC[C@H](NC(=O)c1ccn(C2(C)COC2)c1)C(=O)Nc1nc(-c2cccc(-c3ccn(C)n3)c2)cs1. The molecule has 4 heterocycles. The average molecular weight is 521 g/mol. The van der Waals surface area contributed by atoms with Crippen LogP contribution in [0.4, 0.5) is 5.13 Å². The van der Waals surface area contributed by atoms with Gasteiger partial charge in [-0.3, -0.25) is 14.3 Å². The number of amides is 2. The molecule has 37 heavy (non-hydrogen) atoms. The number of hydrogen-bond acceptors (Lipinski definition) is 7. The van der Waals surface area contributed by atoms with Crippen molar-refractivity contribution in [2.75, 3.05) is 32.2 Å². The molecule has 1 aliphatic rings. The molecule has 0 unspecified atom stereocenters. The van der Waals surface area contributed by atoms with Crippen molar-refractivity contribution in [2.45, 2.75) is 18.5 Å². The zero-order chi connectivity index (χ0) is 26.0. The molecule has 0 radical (unpaired) electrons. The molecule has 1 atom stereocenters. The van der Waals surface area contributed by atoms with Crippen molar-refractivity contribution in [3.05, 3.63) is 65.9 Å². The lowest BCUT2D eigenvalue weighted by molar-refractivity contribution is -0.119. The van der Waals surface area contributed by atoms with Gasteiger partial charge >= 0.3 is 0 Å². The molecule has 0 saturated carbocycles. The second-order valence-electron chi connectivity index (χ2n) is 9.26. The van der Waals surface area contributed by atoms with Gasteiger partial charge in [0, 0.05) is 49.3 Å². The zero-order valence-corrected chi connectivity index (χ0v) is 21.6. The largest absolute Gasteiger partial charge is 0.382 e. The van der Waals surface area contributed by atoms with Gasteiger partial charge in [0.15, 0.2) is 5.13 Å². The number of carbonyl (C=O) groups excluding carboxylic acids is 2. The molecule has 1 aromatic carbocycles. The highest BCUT2D eigenvalue weighted by Crippen LogP contribution is 2.29. The summed E-state index contributed by atoms with van der Waals surface area (Å²) < 4.78 is 14.2. The van der Waals surface area contributed by atoms with E-state index in [0.29, 0.717) is 23.9 Å². The Kier molecular flexibility index (Phi) is 6.92. The number of aromatic nitrogens is 4. The molecule has 10 nitrogen and oxygen atoms in total. The Labute approximate surface area is 218 Å². The predicted octanol–water partition coefficient (Wildman–Crippen LogP) is 3.14. The van der Waals surface area contributed by atoms with Gasteiger partial charge in [0.05, 0.1) is 42.3 Å². The Bertz CT molecular complexity index is 1420. The molecule has 2 N–H and O–H groups in total.